The summed E-state index contributed by atoms with van der Waals surface area (Å²) in [6.45, 7) is 5.81. The SMILES string of the molecule is CC(=O)c1ccccc1OCCCN1CCCC1. The maximum atomic E-state index is 11.4. The summed E-state index contributed by atoms with van der Waals surface area (Å²) < 4.78 is 5.71. The second kappa shape index (κ2) is 6.55. The van der Waals surface area contributed by atoms with Gasteiger partial charge in [-0.3, -0.25) is 4.79 Å². The predicted molar refractivity (Wildman–Crippen MR) is 72.2 cm³/mol. The van der Waals surface area contributed by atoms with Crippen LogP contribution in [-0.2, 0) is 0 Å². The first-order chi connectivity index (χ1) is 8.77. The zero-order chi connectivity index (χ0) is 12.8. The Balaban J connectivity index is 1.77. The lowest BCUT2D eigenvalue weighted by Crippen LogP contribution is -2.22. The first-order valence-corrected chi connectivity index (χ1v) is 6.72. The first kappa shape index (κ1) is 13.1. The number of para-hydroxylation sites is 1. The van der Waals surface area contributed by atoms with Crippen LogP contribution in [0.5, 0.6) is 5.75 Å². The normalized spacial score (nSPS) is 15.8. The molecule has 0 bridgehead atoms. The van der Waals surface area contributed by atoms with Crippen LogP contribution in [0, 0.1) is 0 Å². The number of hydrogen-bond donors (Lipinski definition) is 0. The summed E-state index contributed by atoms with van der Waals surface area (Å²) in [5.74, 6) is 0.775. The molecule has 1 aliphatic heterocycles. The topological polar surface area (TPSA) is 29.5 Å². The molecule has 1 aromatic rings. The second-order valence-corrected chi connectivity index (χ2v) is 4.80. The molecule has 2 rings (SSSR count). The molecule has 1 fully saturated rings. The molecule has 3 nitrogen and oxygen atoms in total. The summed E-state index contributed by atoms with van der Waals surface area (Å²) in [4.78, 5) is 13.9. The number of carbonyl (C=O) groups excluding carboxylic acids is 1. The highest BCUT2D eigenvalue weighted by molar-refractivity contribution is 5.96. The van der Waals surface area contributed by atoms with Crippen LogP contribution in [0.1, 0.15) is 36.5 Å². The molecule has 1 heterocycles. The standard InChI is InChI=1S/C15H21NO2/c1-13(17)14-7-2-3-8-15(14)18-12-6-11-16-9-4-5-10-16/h2-3,7-8H,4-6,9-12H2,1H3. The van der Waals surface area contributed by atoms with Crippen molar-refractivity contribution in [3.63, 3.8) is 0 Å². The van der Waals surface area contributed by atoms with Gasteiger partial charge in [0.1, 0.15) is 5.75 Å². The smallest absolute Gasteiger partial charge is 0.163 e. The van der Waals surface area contributed by atoms with Gasteiger partial charge >= 0.3 is 0 Å². The zero-order valence-corrected chi connectivity index (χ0v) is 11.0. The second-order valence-electron chi connectivity index (χ2n) is 4.80. The van der Waals surface area contributed by atoms with Crippen molar-refractivity contribution in [2.24, 2.45) is 0 Å². The number of carbonyl (C=O) groups is 1. The summed E-state index contributed by atoms with van der Waals surface area (Å²) in [7, 11) is 0. The van der Waals surface area contributed by atoms with Gasteiger partial charge in [-0.05, 0) is 51.4 Å². The van der Waals surface area contributed by atoms with Gasteiger partial charge in [-0.15, -0.1) is 0 Å². The van der Waals surface area contributed by atoms with Crippen molar-refractivity contribution in [3.05, 3.63) is 29.8 Å². The minimum absolute atomic E-state index is 0.0603. The van der Waals surface area contributed by atoms with E-state index in [1.54, 1.807) is 6.92 Å². The van der Waals surface area contributed by atoms with Gasteiger partial charge in [0, 0.05) is 6.54 Å². The minimum Gasteiger partial charge on any atom is -0.493 e. The van der Waals surface area contributed by atoms with Gasteiger partial charge in [0.2, 0.25) is 0 Å². The van der Waals surface area contributed by atoms with E-state index in [4.69, 9.17) is 4.74 Å². The zero-order valence-electron chi connectivity index (χ0n) is 11.0. The number of ether oxygens (including phenoxy) is 1. The lowest BCUT2D eigenvalue weighted by molar-refractivity contribution is 0.101. The molecule has 1 aliphatic rings. The van der Waals surface area contributed by atoms with E-state index < -0.39 is 0 Å². The Morgan fingerprint density at radius 3 is 2.72 bits per heavy atom. The summed E-state index contributed by atoms with van der Waals surface area (Å²) >= 11 is 0. The molecular formula is C15H21NO2. The number of benzene rings is 1. The Kier molecular flexibility index (Phi) is 4.76. The fourth-order valence-electron chi connectivity index (χ4n) is 2.36. The van der Waals surface area contributed by atoms with E-state index >= 15 is 0 Å². The van der Waals surface area contributed by atoms with Crippen LogP contribution in [-0.4, -0.2) is 36.9 Å². The number of likely N-dealkylation sites (tertiary alicyclic amines) is 1. The Morgan fingerprint density at radius 1 is 1.28 bits per heavy atom. The largest absolute Gasteiger partial charge is 0.493 e. The van der Waals surface area contributed by atoms with Crippen LogP contribution in [0.4, 0.5) is 0 Å². The van der Waals surface area contributed by atoms with E-state index in [1.165, 1.54) is 25.9 Å². The molecule has 1 aromatic carbocycles. The number of hydrogen-bond acceptors (Lipinski definition) is 3. The van der Waals surface area contributed by atoms with Crippen molar-refractivity contribution in [3.8, 4) is 5.75 Å². The van der Waals surface area contributed by atoms with Crippen LogP contribution in [0.3, 0.4) is 0 Å². The first-order valence-electron chi connectivity index (χ1n) is 6.72. The summed E-state index contributed by atoms with van der Waals surface area (Å²) in [5, 5.41) is 0. The lowest BCUT2D eigenvalue weighted by Gasteiger charge is -2.15. The highest BCUT2D eigenvalue weighted by Crippen LogP contribution is 2.18. The average Bonchev–Trinajstić information content (AvgIpc) is 2.88. The molecule has 1 saturated heterocycles. The number of Topliss-reactive ketones (excluding diaryl/α,β-unsaturated/α-hetero) is 1. The number of rotatable bonds is 6. The molecule has 0 unspecified atom stereocenters. The van der Waals surface area contributed by atoms with Gasteiger partial charge in [-0.1, -0.05) is 12.1 Å². The highest BCUT2D eigenvalue weighted by atomic mass is 16.5. The Bertz CT molecular complexity index is 397. The van der Waals surface area contributed by atoms with Crippen molar-refractivity contribution < 1.29 is 9.53 Å². The molecule has 98 valence electrons. The van der Waals surface area contributed by atoms with Crippen molar-refractivity contribution in [2.45, 2.75) is 26.2 Å². The fraction of sp³-hybridized carbons (Fsp3) is 0.533. The van der Waals surface area contributed by atoms with Gasteiger partial charge in [-0.25, -0.2) is 0 Å². The van der Waals surface area contributed by atoms with E-state index in [2.05, 4.69) is 4.90 Å². The lowest BCUT2D eigenvalue weighted by atomic mass is 10.1. The third-order valence-corrected chi connectivity index (χ3v) is 3.34. The van der Waals surface area contributed by atoms with Crippen LogP contribution in [0.15, 0.2) is 24.3 Å². The number of ketones is 1. The maximum absolute atomic E-state index is 11.4. The van der Waals surface area contributed by atoms with E-state index in [1.807, 2.05) is 24.3 Å². The molecule has 0 saturated carbocycles. The molecule has 18 heavy (non-hydrogen) atoms. The van der Waals surface area contributed by atoms with Gasteiger partial charge < -0.3 is 9.64 Å². The molecule has 0 spiro atoms. The molecule has 3 heteroatoms. The van der Waals surface area contributed by atoms with Gasteiger partial charge in [0.05, 0.1) is 12.2 Å². The van der Waals surface area contributed by atoms with E-state index in [0.717, 1.165) is 13.0 Å². The summed E-state index contributed by atoms with van der Waals surface area (Å²) in [6.07, 6.45) is 3.67. The van der Waals surface area contributed by atoms with Crippen LogP contribution in [0.25, 0.3) is 0 Å². The molecular weight excluding hydrogens is 226 g/mol. The minimum atomic E-state index is 0.0603. The summed E-state index contributed by atoms with van der Waals surface area (Å²) in [5.41, 5.74) is 0.679. The van der Waals surface area contributed by atoms with Crippen molar-refractivity contribution >= 4 is 5.78 Å². The van der Waals surface area contributed by atoms with Crippen molar-refractivity contribution in [1.82, 2.24) is 4.90 Å². The Morgan fingerprint density at radius 2 is 2.00 bits per heavy atom. The molecule has 0 radical (unpaired) electrons. The monoisotopic (exact) mass is 247 g/mol. The van der Waals surface area contributed by atoms with Crippen LogP contribution < -0.4 is 4.74 Å². The van der Waals surface area contributed by atoms with Crippen LogP contribution in [0.2, 0.25) is 0 Å². The number of nitrogens with zero attached hydrogens (tertiary/aromatic N) is 1. The van der Waals surface area contributed by atoms with E-state index in [-0.39, 0.29) is 5.78 Å². The molecule has 0 aromatic heterocycles. The molecule has 0 amide bonds. The maximum Gasteiger partial charge on any atom is 0.163 e. The van der Waals surface area contributed by atoms with Crippen LogP contribution >= 0.6 is 0 Å². The van der Waals surface area contributed by atoms with Gasteiger partial charge in [-0.2, -0.15) is 0 Å². The predicted octanol–water partition coefficient (Wildman–Crippen LogP) is 2.75. The molecule has 0 atom stereocenters. The van der Waals surface area contributed by atoms with Gasteiger partial charge in [0.15, 0.2) is 5.78 Å². The third kappa shape index (κ3) is 3.57. The third-order valence-electron chi connectivity index (χ3n) is 3.34. The van der Waals surface area contributed by atoms with E-state index in [0.29, 0.717) is 17.9 Å². The molecule has 0 aliphatic carbocycles. The van der Waals surface area contributed by atoms with E-state index in [9.17, 15) is 4.79 Å². The molecule has 0 N–H and O–H groups in total. The van der Waals surface area contributed by atoms with Crippen molar-refractivity contribution in [1.29, 1.82) is 0 Å². The Labute approximate surface area is 109 Å². The average molecular weight is 247 g/mol. The highest BCUT2D eigenvalue weighted by Gasteiger charge is 2.11. The summed E-state index contributed by atoms with van der Waals surface area (Å²) in [6, 6.07) is 7.46. The Hall–Kier alpha value is -1.35. The quantitative estimate of drug-likeness (QED) is 0.572. The van der Waals surface area contributed by atoms with Gasteiger partial charge in [0.25, 0.3) is 0 Å². The van der Waals surface area contributed by atoms with Crippen molar-refractivity contribution in [2.75, 3.05) is 26.2 Å². The fourth-order valence-corrected chi connectivity index (χ4v) is 2.36.